The van der Waals surface area contributed by atoms with E-state index in [4.69, 9.17) is 4.74 Å². The van der Waals surface area contributed by atoms with Crippen molar-refractivity contribution < 1.29 is 9.53 Å². The van der Waals surface area contributed by atoms with Crippen LogP contribution in [0.2, 0.25) is 0 Å². The van der Waals surface area contributed by atoms with Crippen LogP contribution in [0.25, 0.3) is 0 Å². The lowest BCUT2D eigenvalue weighted by molar-refractivity contribution is -0.135. The van der Waals surface area contributed by atoms with Gasteiger partial charge in [0, 0.05) is 30.6 Å². The zero-order chi connectivity index (χ0) is 12.1. The fourth-order valence-electron chi connectivity index (χ4n) is 2.19. The van der Waals surface area contributed by atoms with E-state index in [0.29, 0.717) is 12.5 Å². The van der Waals surface area contributed by atoms with Gasteiger partial charge in [0.2, 0.25) is 5.91 Å². The van der Waals surface area contributed by atoms with Crippen molar-refractivity contribution in [2.24, 2.45) is 0 Å². The first-order valence-electron chi connectivity index (χ1n) is 6.21. The first-order chi connectivity index (χ1) is 8.31. The number of hydrogen-bond donors (Lipinski definition) is 0. The van der Waals surface area contributed by atoms with Crippen LogP contribution >= 0.6 is 11.3 Å². The van der Waals surface area contributed by atoms with Gasteiger partial charge in [0.05, 0.1) is 6.54 Å². The number of ether oxygens (including phenoxy) is 1. The molecule has 1 aliphatic heterocycles. The van der Waals surface area contributed by atoms with Crippen LogP contribution in [0.1, 0.15) is 31.1 Å². The predicted octanol–water partition coefficient (Wildman–Crippen LogP) is 2.67. The van der Waals surface area contributed by atoms with Crippen molar-refractivity contribution in [2.45, 2.75) is 38.8 Å². The summed E-state index contributed by atoms with van der Waals surface area (Å²) in [5.41, 5.74) is 0. The van der Waals surface area contributed by atoms with Crippen LogP contribution in [0.5, 0.6) is 0 Å². The highest BCUT2D eigenvalue weighted by atomic mass is 32.1. The third kappa shape index (κ3) is 3.30. The smallest absolute Gasteiger partial charge is 0.222 e. The summed E-state index contributed by atoms with van der Waals surface area (Å²) in [7, 11) is 0. The maximum Gasteiger partial charge on any atom is 0.222 e. The minimum absolute atomic E-state index is 0.255. The van der Waals surface area contributed by atoms with Gasteiger partial charge in [0.15, 0.2) is 0 Å². The van der Waals surface area contributed by atoms with Crippen molar-refractivity contribution >= 4 is 17.2 Å². The second-order valence-corrected chi connectivity index (χ2v) is 5.33. The molecular formula is C13H19NO2S. The van der Waals surface area contributed by atoms with Crippen LogP contribution in [0.3, 0.4) is 0 Å². The lowest BCUT2D eigenvalue weighted by Gasteiger charge is -2.34. The number of hydrogen-bond acceptors (Lipinski definition) is 3. The lowest BCUT2D eigenvalue weighted by atomic mass is 10.1. The fraction of sp³-hybridized carbons (Fsp3) is 0.615. The molecule has 2 rings (SSSR count). The van der Waals surface area contributed by atoms with Gasteiger partial charge < -0.3 is 9.64 Å². The van der Waals surface area contributed by atoms with Crippen molar-refractivity contribution in [3.8, 4) is 0 Å². The average molecular weight is 253 g/mol. The van der Waals surface area contributed by atoms with Gasteiger partial charge in [-0.25, -0.2) is 0 Å². The Hall–Kier alpha value is -0.870. The van der Waals surface area contributed by atoms with Gasteiger partial charge >= 0.3 is 0 Å². The van der Waals surface area contributed by atoms with Crippen LogP contribution < -0.4 is 0 Å². The fourth-order valence-corrected chi connectivity index (χ4v) is 2.89. The minimum Gasteiger partial charge on any atom is -0.381 e. The first kappa shape index (κ1) is 12.6. The van der Waals surface area contributed by atoms with E-state index >= 15 is 0 Å². The van der Waals surface area contributed by atoms with Crippen LogP contribution in [0.15, 0.2) is 17.5 Å². The molecule has 0 unspecified atom stereocenters. The second-order valence-electron chi connectivity index (χ2n) is 4.30. The van der Waals surface area contributed by atoms with E-state index in [2.05, 4.69) is 11.4 Å². The van der Waals surface area contributed by atoms with Gasteiger partial charge in [-0.3, -0.25) is 4.79 Å². The van der Waals surface area contributed by atoms with Crippen LogP contribution in [-0.2, 0) is 16.1 Å². The molecule has 0 atom stereocenters. The zero-order valence-corrected chi connectivity index (χ0v) is 11.0. The first-order valence-corrected chi connectivity index (χ1v) is 7.09. The molecule has 0 radical (unpaired) electrons. The molecule has 3 nitrogen and oxygen atoms in total. The zero-order valence-electron chi connectivity index (χ0n) is 10.2. The van der Waals surface area contributed by atoms with Crippen molar-refractivity contribution in [1.29, 1.82) is 0 Å². The van der Waals surface area contributed by atoms with E-state index in [9.17, 15) is 4.79 Å². The summed E-state index contributed by atoms with van der Waals surface area (Å²) in [6, 6.07) is 4.50. The number of carbonyl (C=O) groups is 1. The number of carbonyl (C=O) groups excluding carboxylic acids is 1. The van der Waals surface area contributed by atoms with E-state index in [1.807, 2.05) is 17.9 Å². The highest BCUT2D eigenvalue weighted by molar-refractivity contribution is 7.09. The monoisotopic (exact) mass is 253 g/mol. The molecule has 0 saturated carbocycles. The summed E-state index contributed by atoms with van der Waals surface area (Å²) >= 11 is 1.72. The van der Waals surface area contributed by atoms with Gasteiger partial charge in [0.1, 0.15) is 0 Å². The van der Waals surface area contributed by atoms with Crippen molar-refractivity contribution in [3.05, 3.63) is 22.4 Å². The third-order valence-electron chi connectivity index (χ3n) is 3.16. The van der Waals surface area contributed by atoms with Gasteiger partial charge in [-0.1, -0.05) is 13.0 Å². The highest BCUT2D eigenvalue weighted by Gasteiger charge is 2.24. The Bertz CT molecular complexity index is 344. The van der Waals surface area contributed by atoms with Gasteiger partial charge in [0.25, 0.3) is 0 Å². The predicted molar refractivity (Wildman–Crippen MR) is 69.0 cm³/mol. The maximum atomic E-state index is 12.0. The highest BCUT2D eigenvalue weighted by Crippen LogP contribution is 2.20. The molecule has 2 heterocycles. The second kappa shape index (κ2) is 6.17. The SMILES string of the molecule is CCC(=O)N(Cc1cccs1)C1CCOCC1. The molecule has 1 aromatic heterocycles. The summed E-state index contributed by atoms with van der Waals surface area (Å²) in [6.07, 6.45) is 2.52. The van der Waals surface area contributed by atoms with Crippen molar-refractivity contribution in [1.82, 2.24) is 4.90 Å². The summed E-state index contributed by atoms with van der Waals surface area (Å²) in [5.74, 6) is 0.255. The number of nitrogens with zero attached hydrogens (tertiary/aromatic N) is 1. The third-order valence-corrected chi connectivity index (χ3v) is 4.02. The molecule has 17 heavy (non-hydrogen) atoms. The molecule has 0 spiro atoms. The maximum absolute atomic E-state index is 12.0. The van der Waals surface area contributed by atoms with E-state index in [1.54, 1.807) is 11.3 Å². The van der Waals surface area contributed by atoms with Crippen LogP contribution in [-0.4, -0.2) is 30.1 Å². The molecule has 1 saturated heterocycles. The largest absolute Gasteiger partial charge is 0.381 e. The molecule has 1 amide bonds. The van der Waals surface area contributed by atoms with E-state index < -0.39 is 0 Å². The average Bonchev–Trinajstić information content (AvgIpc) is 2.89. The van der Waals surface area contributed by atoms with E-state index in [-0.39, 0.29) is 5.91 Å². The van der Waals surface area contributed by atoms with Gasteiger partial charge in [-0.15, -0.1) is 11.3 Å². The van der Waals surface area contributed by atoms with E-state index in [0.717, 1.165) is 32.6 Å². The van der Waals surface area contributed by atoms with Crippen molar-refractivity contribution in [3.63, 3.8) is 0 Å². The molecule has 0 bridgehead atoms. The Balaban J connectivity index is 2.04. The molecule has 0 aromatic carbocycles. The Morgan fingerprint density at radius 2 is 2.29 bits per heavy atom. The Kier molecular flexibility index (Phi) is 4.57. The summed E-state index contributed by atoms with van der Waals surface area (Å²) < 4.78 is 5.36. The molecule has 94 valence electrons. The molecule has 1 fully saturated rings. The Morgan fingerprint density at radius 1 is 1.53 bits per heavy atom. The van der Waals surface area contributed by atoms with Gasteiger partial charge in [-0.05, 0) is 24.3 Å². The lowest BCUT2D eigenvalue weighted by Crippen LogP contribution is -2.42. The van der Waals surface area contributed by atoms with Crippen LogP contribution in [0.4, 0.5) is 0 Å². The number of rotatable bonds is 4. The number of thiophene rings is 1. The van der Waals surface area contributed by atoms with Crippen molar-refractivity contribution in [2.75, 3.05) is 13.2 Å². The molecule has 1 aliphatic rings. The Morgan fingerprint density at radius 3 is 2.88 bits per heavy atom. The number of amides is 1. The quantitative estimate of drug-likeness (QED) is 0.825. The van der Waals surface area contributed by atoms with E-state index in [1.165, 1.54) is 4.88 Å². The van der Waals surface area contributed by atoms with Crippen LogP contribution in [0, 0.1) is 0 Å². The standard InChI is InChI=1S/C13H19NO2S/c1-2-13(15)14(10-12-4-3-9-17-12)11-5-7-16-8-6-11/h3-4,9,11H,2,5-8,10H2,1H3. The molecule has 0 N–H and O–H groups in total. The topological polar surface area (TPSA) is 29.5 Å². The van der Waals surface area contributed by atoms with Gasteiger partial charge in [-0.2, -0.15) is 0 Å². The Labute approximate surface area is 106 Å². The summed E-state index contributed by atoms with van der Waals surface area (Å²) in [5, 5.41) is 2.06. The minimum atomic E-state index is 0.255. The normalized spacial score (nSPS) is 17.0. The summed E-state index contributed by atoms with van der Waals surface area (Å²) in [6.45, 7) is 4.25. The summed E-state index contributed by atoms with van der Waals surface area (Å²) in [4.78, 5) is 15.3. The molecule has 1 aromatic rings. The molecule has 4 heteroatoms. The molecule has 0 aliphatic carbocycles. The molecular weight excluding hydrogens is 234 g/mol.